The first-order valence-electron chi connectivity index (χ1n) is 8.54. The second-order valence-corrected chi connectivity index (χ2v) is 7.27. The summed E-state index contributed by atoms with van der Waals surface area (Å²) in [6.45, 7) is 3.73. The van der Waals surface area contributed by atoms with Crippen molar-refractivity contribution in [3.63, 3.8) is 0 Å². The number of fused-ring (bicyclic) bond motifs is 1. The van der Waals surface area contributed by atoms with Crippen molar-refractivity contribution in [3.8, 4) is 0 Å². The van der Waals surface area contributed by atoms with Crippen LogP contribution < -0.4 is 10.6 Å². The van der Waals surface area contributed by atoms with Crippen molar-refractivity contribution in [3.05, 3.63) is 70.8 Å². The van der Waals surface area contributed by atoms with Crippen molar-refractivity contribution in [2.24, 2.45) is 0 Å². The predicted molar refractivity (Wildman–Crippen MR) is 102 cm³/mol. The van der Waals surface area contributed by atoms with Gasteiger partial charge in [-0.2, -0.15) is 11.8 Å². The molecule has 0 saturated carbocycles. The van der Waals surface area contributed by atoms with Crippen LogP contribution in [-0.2, 0) is 12.2 Å². The average molecular weight is 340 g/mol. The molecule has 126 valence electrons. The zero-order valence-electron chi connectivity index (χ0n) is 14.0. The van der Waals surface area contributed by atoms with Gasteiger partial charge in [-0.25, -0.2) is 0 Å². The number of hydrogen-bond donors (Lipinski definition) is 2. The lowest BCUT2D eigenvalue weighted by Crippen LogP contribution is -2.38. The lowest BCUT2D eigenvalue weighted by Gasteiger charge is -2.27. The Hall–Kier alpha value is -1.78. The molecule has 24 heavy (non-hydrogen) atoms. The maximum absolute atomic E-state index is 12.4. The van der Waals surface area contributed by atoms with Gasteiger partial charge in [0.2, 0.25) is 0 Å². The standard InChI is InChI=1S/C20H24N2OS/c1-2-24-14-15-7-9-17(10-8-15)20(23)22-13-19-18-6-4-3-5-16(18)11-12-21-19/h3-10,19,21H,2,11-14H2,1H3,(H,22,23). The van der Waals surface area contributed by atoms with Crippen molar-refractivity contribution in [2.75, 3.05) is 18.8 Å². The van der Waals surface area contributed by atoms with E-state index in [0.29, 0.717) is 6.54 Å². The van der Waals surface area contributed by atoms with E-state index in [9.17, 15) is 4.79 Å². The number of rotatable bonds is 6. The Kier molecular flexibility index (Phi) is 5.94. The summed E-state index contributed by atoms with van der Waals surface area (Å²) in [4.78, 5) is 12.4. The van der Waals surface area contributed by atoms with Crippen molar-refractivity contribution >= 4 is 17.7 Å². The van der Waals surface area contributed by atoms with Crippen molar-refractivity contribution in [1.82, 2.24) is 10.6 Å². The van der Waals surface area contributed by atoms with Crippen LogP contribution in [0.15, 0.2) is 48.5 Å². The molecule has 0 bridgehead atoms. The van der Waals surface area contributed by atoms with Gasteiger partial charge in [0.05, 0.1) is 0 Å². The van der Waals surface area contributed by atoms with E-state index < -0.39 is 0 Å². The second-order valence-electron chi connectivity index (χ2n) is 6.00. The van der Waals surface area contributed by atoms with Gasteiger partial charge < -0.3 is 10.6 Å². The third kappa shape index (κ3) is 4.19. The molecule has 2 N–H and O–H groups in total. The third-order valence-electron chi connectivity index (χ3n) is 4.37. The fraction of sp³-hybridized carbons (Fsp3) is 0.350. The highest BCUT2D eigenvalue weighted by Gasteiger charge is 2.19. The Labute approximate surface area is 148 Å². The number of carbonyl (C=O) groups is 1. The monoisotopic (exact) mass is 340 g/mol. The topological polar surface area (TPSA) is 41.1 Å². The Morgan fingerprint density at radius 1 is 1.21 bits per heavy atom. The van der Waals surface area contributed by atoms with Crippen LogP contribution in [0.1, 0.15) is 40.0 Å². The highest BCUT2D eigenvalue weighted by atomic mass is 32.2. The molecule has 1 aliphatic rings. The van der Waals surface area contributed by atoms with Gasteiger partial charge in [0.1, 0.15) is 0 Å². The van der Waals surface area contributed by atoms with Gasteiger partial charge in [0, 0.05) is 23.9 Å². The molecule has 3 rings (SSSR count). The van der Waals surface area contributed by atoms with Crippen LogP contribution in [0.4, 0.5) is 0 Å². The van der Waals surface area contributed by atoms with Gasteiger partial charge in [-0.15, -0.1) is 0 Å². The van der Waals surface area contributed by atoms with Crippen LogP contribution >= 0.6 is 11.8 Å². The van der Waals surface area contributed by atoms with Gasteiger partial charge in [-0.3, -0.25) is 4.79 Å². The SMILES string of the molecule is CCSCc1ccc(C(=O)NCC2NCCc3ccccc32)cc1. The van der Waals surface area contributed by atoms with Crippen LogP contribution in [0.3, 0.4) is 0 Å². The van der Waals surface area contributed by atoms with E-state index in [1.807, 2.05) is 36.0 Å². The van der Waals surface area contributed by atoms with Gasteiger partial charge in [0.25, 0.3) is 5.91 Å². The molecule has 1 aliphatic heterocycles. The number of hydrogen-bond acceptors (Lipinski definition) is 3. The summed E-state index contributed by atoms with van der Waals surface area (Å²) in [5.41, 5.74) is 4.68. The van der Waals surface area contributed by atoms with E-state index in [1.54, 1.807) is 0 Å². The summed E-state index contributed by atoms with van der Waals surface area (Å²) < 4.78 is 0. The lowest BCUT2D eigenvalue weighted by atomic mass is 9.94. The van der Waals surface area contributed by atoms with Gasteiger partial charge in [-0.05, 0) is 47.5 Å². The Bertz CT molecular complexity index is 684. The average Bonchev–Trinajstić information content (AvgIpc) is 2.64. The molecule has 2 aromatic rings. The zero-order valence-corrected chi connectivity index (χ0v) is 14.9. The van der Waals surface area contributed by atoms with Gasteiger partial charge >= 0.3 is 0 Å². The molecule has 0 aliphatic carbocycles. The Balaban J connectivity index is 1.58. The Morgan fingerprint density at radius 2 is 2.00 bits per heavy atom. The van der Waals surface area contributed by atoms with Gasteiger partial charge in [0.15, 0.2) is 0 Å². The first-order chi connectivity index (χ1) is 11.8. The number of nitrogens with one attached hydrogen (secondary N) is 2. The molecule has 0 radical (unpaired) electrons. The molecular weight excluding hydrogens is 316 g/mol. The minimum atomic E-state index is -0.00505. The maximum Gasteiger partial charge on any atom is 0.251 e. The summed E-state index contributed by atoms with van der Waals surface area (Å²) in [5, 5.41) is 6.56. The normalized spacial score (nSPS) is 16.5. The van der Waals surface area contributed by atoms with E-state index >= 15 is 0 Å². The molecule has 0 aromatic heterocycles. The summed E-state index contributed by atoms with van der Waals surface area (Å²) in [6, 6.07) is 16.6. The van der Waals surface area contributed by atoms with E-state index in [2.05, 4.69) is 41.8 Å². The molecular formula is C20H24N2OS. The molecule has 1 atom stereocenters. The molecule has 0 saturated heterocycles. The molecule has 2 aromatic carbocycles. The molecule has 0 fully saturated rings. The number of thioether (sulfide) groups is 1. The summed E-state index contributed by atoms with van der Waals surface area (Å²) >= 11 is 1.89. The second kappa shape index (κ2) is 8.36. The number of amides is 1. The van der Waals surface area contributed by atoms with E-state index in [4.69, 9.17) is 0 Å². The first kappa shape index (κ1) is 17.1. The van der Waals surface area contributed by atoms with Crippen molar-refractivity contribution in [1.29, 1.82) is 0 Å². The first-order valence-corrected chi connectivity index (χ1v) is 9.69. The lowest BCUT2D eigenvalue weighted by molar-refractivity contribution is 0.0949. The molecule has 3 nitrogen and oxygen atoms in total. The molecule has 1 heterocycles. The van der Waals surface area contributed by atoms with Crippen molar-refractivity contribution < 1.29 is 4.79 Å². The van der Waals surface area contributed by atoms with Crippen LogP contribution in [0, 0.1) is 0 Å². The van der Waals surface area contributed by atoms with Crippen LogP contribution in [0.25, 0.3) is 0 Å². The zero-order chi connectivity index (χ0) is 16.8. The summed E-state index contributed by atoms with van der Waals surface area (Å²) in [7, 11) is 0. The number of benzene rings is 2. The maximum atomic E-state index is 12.4. The van der Waals surface area contributed by atoms with Crippen LogP contribution in [0.5, 0.6) is 0 Å². The summed E-state index contributed by atoms with van der Waals surface area (Å²) in [6.07, 6.45) is 1.05. The predicted octanol–water partition coefficient (Wildman–Crippen LogP) is 3.56. The van der Waals surface area contributed by atoms with E-state index in [1.165, 1.54) is 16.7 Å². The fourth-order valence-electron chi connectivity index (χ4n) is 3.04. The van der Waals surface area contributed by atoms with Crippen molar-refractivity contribution in [2.45, 2.75) is 25.1 Å². The quantitative estimate of drug-likeness (QED) is 0.845. The van der Waals surface area contributed by atoms with Gasteiger partial charge in [-0.1, -0.05) is 43.3 Å². The minimum absolute atomic E-state index is 0.00505. The van der Waals surface area contributed by atoms with Crippen LogP contribution in [0.2, 0.25) is 0 Å². The third-order valence-corrected chi connectivity index (χ3v) is 5.32. The smallest absolute Gasteiger partial charge is 0.251 e. The minimum Gasteiger partial charge on any atom is -0.350 e. The highest BCUT2D eigenvalue weighted by molar-refractivity contribution is 7.98. The number of carbonyl (C=O) groups excluding carboxylic acids is 1. The fourth-order valence-corrected chi connectivity index (χ4v) is 3.68. The van der Waals surface area contributed by atoms with Crippen LogP contribution in [-0.4, -0.2) is 24.7 Å². The molecule has 0 spiro atoms. The Morgan fingerprint density at radius 3 is 2.79 bits per heavy atom. The largest absolute Gasteiger partial charge is 0.350 e. The summed E-state index contributed by atoms with van der Waals surface area (Å²) in [5.74, 6) is 2.11. The molecule has 1 amide bonds. The molecule has 1 unspecified atom stereocenters. The molecule has 4 heteroatoms. The van der Waals surface area contributed by atoms with E-state index in [-0.39, 0.29) is 11.9 Å². The van der Waals surface area contributed by atoms with E-state index in [0.717, 1.165) is 30.0 Å². The highest BCUT2D eigenvalue weighted by Crippen LogP contribution is 2.22.